The van der Waals surface area contributed by atoms with Crippen LogP contribution < -0.4 is 5.32 Å². The quantitative estimate of drug-likeness (QED) is 0.686. The lowest BCUT2D eigenvalue weighted by atomic mass is 9.92. The van der Waals surface area contributed by atoms with Gasteiger partial charge >= 0.3 is 0 Å². The molecule has 1 fully saturated rings. The summed E-state index contributed by atoms with van der Waals surface area (Å²) in [6.07, 6.45) is 4.36. The van der Waals surface area contributed by atoms with Gasteiger partial charge in [0.1, 0.15) is 5.01 Å². The Kier molecular flexibility index (Phi) is 6.03. The van der Waals surface area contributed by atoms with Gasteiger partial charge in [0.05, 0.1) is 6.54 Å². The Morgan fingerprint density at radius 2 is 2.10 bits per heavy atom. The topological polar surface area (TPSA) is 40.5 Å². The lowest BCUT2D eigenvalue weighted by molar-refractivity contribution is 0.208. The van der Waals surface area contributed by atoms with Crippen LogP contribution >= 0.6 is 11.3 Å². The number of hydrogen-bond donors (Lipinski definition) is 1. The molecule has 5 heteroatoms. The molecule has 0 aromatic carbocycles. The standard InChI is InChI=1S/C16H28N4S/c1-5-14-8-18-15(21-14)9-19-16(17-6-2)20-10-12(3)7-13(4)11-20/h8,12-13H,5-7,9-11H2,1-4H3,(H,17,19). The van der Waals surface area contributed by atoms with Gasteiger partial charge in [0.2, 0.25) is 0 Å². The van der Waals surface area contributed by atoms with Crippen LogP contribution in [0.3, 0.4) is 0 Å². The van der Waals surface area contributed by atoms with E-state index in [0.717, 1.165) is 48.9 Å². The van der Waals surface area contributed by atoms with Crippen LogP contribution in [0.5, 0.6) is 0 Å². The molecule has 118 valence electrons. The number of guanidine groups is 1. The Balaban J connectivity index is 2.04. The summed E-state index contributed by atoms with van der Waals surface area (Å²) in [7, 11) is 0. The zero-order chi connectivity index (χ0) is 15.2. The first-order valence-corrected chi connectivity index (χ1v) is 8.90. The second kappa shape index (κ2) is 7.78. The zero-order valence-electron chi connectivity index (χ0n) is 13.7. The maximum Gasteiger partial charge on any atom is 0.194 e. The molecule has 2 atom stereocenters. The molecule has 1 aliphatic rings. The summed E-state index contributed by atoms with van der Waals surface area (Å²) < 4.78 is 0. The molecule has 2 rings (SSSR count). The molecule has 0 saturated carbocycles. The fourth-order valence-electron chi connectivity index (χ4n) is 2.99. The van der Waals surface area contributed by atoms with Crippen molar-refractivity contribution in [2.75, 3.05) is 19.6 Å². The zero-order valence-corrected chi connectivity index (χ0v) is 14.5. The van der Waals surface area contributed by atoms with Crippen molar-refractivity contribution >= 4 is 17.3 Å². The summed E-state index contributed by atoms with van der Waals surface area (Å²) in [4.78, 5) is 13.0. The molecule has 4 nitrogen and oxygen atoms in total. The largest absolute Gasteiger partial charge is 0.357 e. The van der Waals surface area contributed by atoms with Gasteiger partial charge in [0.15, 0.2) is 5.96 Å². The van der Waals surface area contributed by atoms with Crippen molar-refractivity contribution in [3.05, 3.63) is 16.1 Å². The molecule has 1 aromatic heterocycles. The number of likely N-dealkylation sites (tertiary alicyclic amines) is 1. The van der Waals surface area contributed by atoms with Crippen LogP contribution in [-0.2, 0) is 13.0 Å². The summed E-state index contributed by atoms with van der Waals surface area (Å²) in [5.41, 5.74) is 0. The third kappa shape index (κ3) is 4.70. The predicted molar refractivity (Wildman–Crippen MR) is 90.8 cm³/mol. The Bertz CT molecular complexity index is 459. The van der Waals surface area contributed by atoms with Gasteiger partial charge in [-0.05, 0) is 31.6 Å². The molecule has 1 saturated heterocycles. The van der Waals surface area contributed by atoms with E-state index in [0.29, 0.717) is 6.54 Å². The van der Waals surface area contributed by atoms with E-state index < -0.39 is 0 Å². The number of aliphatic imine (C=N–C) groups is 1. The Hall–Kier alpha value is -1.10. The molecule has 1 aliphatic heterocycles. The van der Waals surface area contributed by atoms with E-state index in [-0.39, 0.29) is 0 Å². The van der Waals surface area contributed by atoms with Crippen molar-refractivity contribution in [2.24, 2.45) is 16.8 Å². The molecule has 0 spiro atoms. The van der Waals surface area contributed by atoms with E-state index in [1.54, 1.807) is 11.3 Å². The van der Waals surface area contributed by atoms with E-state index in [2.05, 4.69) is 42.9 Å². The Labute approximate surface area is 132 Å². The lowest BCUT2D eigenvalue weighted by Gasteiger charge is -2.37. The fourth-order valence-corrected chi connectivity index (χ4v) is 3.78. The van der Waals surface area contributed by atoms with Crippen LogP contribution in [0, 0.1) is 11.8 Å². The fraction of sp³-hybridized carbons (Fsp3) is 0.750. The summed E-state index contributed by atoms with van der Waals surface area (Å²) in [6.45, 7) is 12.8. The minimum atomic E-state index is 0.687. The number of thiazole rings is 1. The molecular formula is C16H28N4S. The molecule has 1 aromatic rings. The highest BCUT2D eigenvalue weighted by Gasteiger charge is 2.23. The average molecular weight is 308 g/mol. The lowest BCUT2D eigenvalue weighted by Crippen LogP contribution is -2.48. The molecule has 0 amide bonds. The number of hydrogen-bond acceptors (Lipinski definition) is 3. The van der Waals surface area contributed by atoms with Crippen molar-refractivity contribution in [3.8, 4) is 0 Å². The van der Waals surface area contributed by atoms with Crippen molar-refractivity contribution in [3.63, 3.8) is 0 Å². The Morgan fingerprint density at radius 1 is 1.38 bits per heavy atom. The SMILES string of the molecule is CCNC(=NCc1ncc(CC)s1)N1CC(C)CC(C)C1. The third-order valence-corrected chi connectivity index (χ3v) is 4.94. The maximum atomic E-state index is 4.80. The number of piperidine rings is 1. The number of nitrogens with zero attached hydrogens (tertiary/aromatic N) is 3. The molecule has 2 heterocycles. The summed E-state index contributed by atoms with van der Waals surface area (Å²) in [5, 5.41) is 4.55. The number of rotatable bonds is 4. The summed E-state index contributed by atoms with van der Waals surface area (Å²) in [5.74, 6) is 2.53. The monoisotopic (exact) mass is 308 g/mol. The van der Waals surface area contributed by atoms with Crippen LogP contribution in [0.2, 0.25) is 0 Å². The Morgan fingerprint density at radius 3 is 2.67 bits per heavy atom. The van der Waals surface area contributed by atoms with Crippen LogP contribution in [0.25, 0.3) is 0 Å². The van der Waals surface area contributed by atoms with Crippen LogP contribution in [0.15, 0.2) is 11.2 Å². The highest BCUT2D eigenvalue weighted by atomic mass is 32.1. The highest BCUT2D eigenvalue weighted by Crippen LogP contribution is 2.21. The third-order valence-electron chi connectivity index (χ3n) is 3.82. The molecule has 2 unspecified atom stereocenters. The molecule has 0 radical (unpaired) electrons. The van der Waals surface area contributed by atoms with E-state index >= 15 is 0 Å². The van der Waals surface area contributed by atoms with E-state index in [9.17, 15) is 0 Å². The van der Waals surface area contributed by atoms with E-state index in [4.69, 9.17) is 4.99 Å². The van der Waals surface area contributed by atoms with Gasteiger partial charge in [0, 0.05) is 30.7 Å². The van der Waals surface area contributed by atoms with Crippen molar-refractivity contribution in [2.45, 2.75) is 47.1 Å². The number of nitrogens with one attached hydrogen (secondary N) is 1. The maximum absolute atomic E-state index is 4.80. The van der Waals surface area contributed by atoms with Gasteiger partial charge in [0.25, 0.3) is 0 Å². The van der Waals surface area contributed by atoms with Gasteiger partial charge in [-0.3, -0.25) is 0 Å². The molecular weight excluding hydrogens is 280 g/mol. The minimum Gasteiger partial charge on any atom is -0.357 e. The van der Waals surface area contributed by atoms with Crippen molar-refractivity contribution < 1.29 is 0 Å². The van der Waals surface area contributed by atoms with Gasteiger partial charge in [-0.15, -0.1) is 11.3 Å². The normalized spacial score (nSPS) is 23.4. The van der Waals surface area contributed by atoms with Crippen LogP contribution in [-0.4, -0.2) is 35.5 Å². The second-order valence-electron chi connectivity index (χ2n) is 6.10. The highest BCUT2D eigenvalue weighted by molar-refractivity contribution is 7.11. The average Bonchev–Trinajstić information content (AvgIpc) is 2.90. The minimum absolute atomic E-state index is 0.687. The molecule has 0 aliphatic carbocycles. The summed E-state index contributed by atoms with van der Waals surface area (Å²) in [6, 6.07) is 0. The van der Waals surface area contributed by atoms with Gasteiger partial charge in [-0.25, -0.2) is 9.98 Å². The first-order valence-electron chi connectivity index (χ1n) is 8.09. The first kappa shape index (κ1) is 16.3. The predicted octanol–water partition coefficient (Wildman–Crippen LogP) is 3.15. The van der Waals surface area contributed by atoms with Crippen LogP contribution in [0.1, 0.15) is 44.0 Å². The van der Waals surface area contributed by atoms with E-state index in [1.807, 2.05) is 6.20 Å². The van der Waals surface area contributed by atoms with Crippen LogP contribution in [0.4, 0.5) is 0 Å². The molecule has 1 N–H and O–H groups in total. The smallest absolute Gasteiger partial charge is 0.194 e. The van der Waals surface area contributed by atoms with Gasteiger partial charge in [-0.2, -0.15) is 0 Å². The number of aromatic nitrogens is 1. The van der Waals surface area contributed by atoms with Gasteiger partial charge in [-0.1, -0.05) is 20.8 Å². The first-order chi connectivity index (χ1) is 10.1. The van der Waals surface area contributed by atoms with Gasteiger partial charge < -0.3 is 10.2 Å². The van der Waals surface area contributed by atoms with Crippen molar-refractivity contribution in [1.29, 1.82) is 0 Å². The summed E-state index contributed by atoms with van der Waals surface area (Å²) >= 11 is 1.78. The molecule has 0 bridgehead atoms. The number of aryl methyl sites for hydroxylation is 1. The second-order valence-corrected chi connectivity index (χ2v) is 7.29. The van der Waals surface area contributed by atoms with E-state index in [1.165, 1.54) is 11.3 Å². The molecule has 21 heavy (non-hydrogen) atoms. The van der Waals surface area contributed by atoms with Crippen molar-refractivity contribution in [1.82, 2.24) is 15.2 Å².